The van der Waals surface area contributed by atoms with E-state index in [0.29, 0.717) is 18.8 Å². The molecular weight excluding hydrogens is 264 g/mol. The highest BCUT2D eigenvalue weighted by Gasteiger charge is 2.69. The van der Waals surface area contributed by atoms with E-state index >= 15 is 0 Å². The molecule has 3 fully saturated rings. The minimum atomic E-state index is -0.839. The van der Waals surface area contributed by atoms with E-state index in [2.05, 4.69) is 12.1 Å². The summed E-state index contributed by atoms with van der Waals surface area (Å²) in [5, 5.41) is 0. The SMILES string of the molecule is COC(=O)[C@]12CC[C@@H]3C[C@](c4ccccc4)(CC1)[C@@H]3C2=O. The molecule has 0 saturated heterocycles. The third kappa shape index (κ3) is 1.44. The van der Waals surface area contributed by atoms with Gasteiger partial charge in [0.25, 0.3) is 0 Å². The van der Waals surface area contributed by atoms with Crippen molar-refractivity contribution < 1.29 is 14.3 Å². The Kier molecular flexibility index (Phi) is 2.60. The molecule has 4 rings (SSSR count). The van der Waals surface area contributed by atoms with Crippen LogP contribution in [0.3, 0.4) is 0 Å². The minimum absolute atomic E-state index is 0.0129. The van der Waals surface area contributed by atoms with Crippen LogP contribution in [0.2, 0.25) is 0 Å². The van der Waals surface area contributed by atoms with Crippen LogP contribution in [0.15, 0.2) is 30.3 Å². The topological polar surface area (TPSA) is 43.4 Å². The number of methoxy groups -OCH3 is 1. The van der Waals surface area contributed by atoms with E-state index in [1.54, 1.807) is 0 Å². The van der Waals surface area contributed by atoms with Gasteiger partial charge >= 0.3 is 5.97 Å². The fourth-order valence-corrected chi connectivity index (χ4v) is 5.24. The van der Waals surface area contributed by atoms with Crippen molar-refractivity contribution in [3.63, 3.8) is 0 Å². The van der Waals surface area contributed by atoms with E-state index in [-0.39, 0.29) is 23.1 Å². The maximum atomic E-state index is 13.0. The molecule has 4 atom stereocenters. The van der Waals surface area contributed by atoms with Gasteiger partial charge in [-0.05, 0) is 43.6 Å². The summed E-state index contributed by atoms with van der Waals surface area (Å²) in [7, 11) is 1.40. The maximum Gasteiger partial charge on any atom is 0.319 e. The van der Waals surface area contributed by atoms with Gasteiger partial charge in [0.2, 0.25) is 0 Å². The maximum absolute atomic E-state index is 13.0. The van der Waals surface area contributed by atoms with E-state index < -0.39 is 5.41 Å². The van der Waals surface area contributed by atoms with Crippen molar-refractivity contribution in [3.8, 4) is 0 Å². The van der Waals surface area contributed by atoms with Gasteiger partial charge in [-0.1, -0.05) is 30.3 Å². The smallest absolute Gasteiger partial charge is 0.319 e. The van der Waals surface area contributed by atoms with Crippen LogP contribution in [0.1, 0.15) is 37.7 Å². The van der Waals surface area contributed by atoms with E-state index in [1.165, 1.54) is 12.7 Å². The lowest BCUT2D eigenvalue weighted by Gasteiger charge is -2.64. The second kappa shape index (κ2) is 4.19. The summed E-state index contributed by atoms with van der Waals surface area (Å²) in [4.78, 5) is 25.3. The molecule has 0 heterocycles. The molecule has 0 amide bonds. The highest BCUT2D eigenvalue weighted by Crippen LogP contribution is 2.67. The predicted molar refractivity (Wildman–Crippen MR) is 77.6 cm³/mol. The average Bonchev–Trinajstić information content (AvgIpc) is 2.46. The number of Topliss-reactive ketones (excluding diaryl/α,β-unsaturated/α-hetero) is 1. The van der Waals surface area contributed by atoms with Crippen molar-refractivity contribution in [3.05, 3.63) is 35.9 Å². The van der Waals surface area contributed by atoms with Gasteiger partial charge in [-0.25, -0.2) is 0 Å². The first-order valence-corrected chi connectivity index (χ1v) is 7.82. The monoisotopic (exact) mass is 284 g/mol. The van der Waals surface area contributed by atoms with Gasteiger partial charge in [0.15, 0.2) is 5.78 Å². The second-order valence-corrected chi connectivity index (χ2v) is 6.94. The number of esters is 1. The lowest BCUT2D eigenvalue weighted by Crippen LogP contribution is -2.67. The third-order valence-corrected chi connectivity index (χ3v) is 6.31. The lowest BCUT2D eigenvalue weighted by atomic mass is 9.38. The van der Waals surface area contributed by atoms with Crippen molar-refractivity contribution in [2.75, 3.05) is 7.11 Å². The Bertz CT molecular complexity index is 608. The fourth-order valence-electron chi connectivity index (χ4n) is 5.24. The van der Waals surface area contributed by atoms with Crippen LogP contribution in [-0.2, 0) is 19.7 Å². The van der Waals surface area contributed by atoms with Gasteiger partial charge in [-0.15, -0.1) is 0 Å². The van der Waals surface area contributed by atoms with Crippen LogP contribution >= 0.6 is 0 Å². The van der Waals surface area contributed by atoms with Gasteiger partial charge in [-0.2, -0.15) is 0 Å². The molecule has 1 aromatic carbocycles. The zero-order valence-electron chi connectivity index (χ0n) is 12.3. The van der Waals surface area contributed by atoms with Crippen LogP contribution in [0.25, 0.3) is 0 Å². The predicted octanol–water partition coefficient (Wildman–Crippen LogP) is 2.88. The molecule has 3 nitrogen and oxygen atoms in total. The molecule has 3 aliphatic rings. The second-order valence-electron chi connectivity index (χ2n) is 6.94. The van der Waals surface area contributed by atoms with Crippen molar-refractivity contribution in [1.82, 2.24) is 0 Å². The van der Waals surface area contributed by atoms with E-state index in [1.807, 2.05) is 18.2 Å². The summed E-state index contributed by atoms with van der Waals surface area (Å²) < 4.78 is 4.97. The summed E-state index contributed by atoms with van der Waals surface area (Å²) in [6.45, 7) is 0. The van der Waals surface area contributed by atoms with Crippen LogP contribution in [-0.4, -0.2) is 18.9 Å². The molecular formula is C18H20O3. The van der Waals surface area contributed by atoms with Gasteiger partial charge in [0.05, 0.1) is 7.11 Å². The minimum Gasteiger partial charge on any atom is -0.468 e. The number of carbonyl (C=O) groups is 2. The number of ether oxygens (including phenoxy) is 1. The van der Waals surface area contributed by atoms with Crippen LogP contribution in [0, 0.1) is 17.3 Å². The third-order valence-electron chi connectivity index (χ3n) is 6.31. The molecule has 0 N–H and O–H groups in total. The fraction of sp³-hybridized carbons (Fsp3) is 0.556. The summed E-state index contributed by atoms with van der Waals surface area (Å²) in [5.41, 5.74) is 0.426. The molecule has 0 unspecified atom stereocenters. The van der Waals surface area contributed by atoms with Crippen LogP contribution in [0.4, 0.5) is 0 Å². The van der Waals surface area contributed by atoms with Crippen molar-refractivity contribution >= 4 is 11.8 Å². The largest absolute Gasteiger partial charge is 0.468 e. The Morgan fingerprint density at radius 1 is 1.19 bits per heavy atom. The van der Waals surface area contributed by atoms with Crippen molar-refractivity contribution in [1.29, 1.82) is 0 Å². The van der Waals surface area contributed by atoms with E-state index in [4.69, 9.17) is 4.74 Å². The number of hydrogen-bond donors (Lipinski definition) is 0. The zero-order chi connectivity index (χ0) is 14.7. The highest BCUT2D eigenvalue weighted by atomic mass is 16.5. The Balaban J connectivity index is 1.76. The molecule has 110 valence electrons. The van der Waals surface area contributed by atoms with Crippen molar-refractivity contribution in [2.45, 2.75) is 37.5 Å². The first kappa shape index (κ1) is 13.1. The van der Waals surface area contributed by atoms with Crippen molar-refractivity contribution in [2.24, 2.45) is 17.3 Å². The van der Waals surface area contributed by atoms with Gasteiger partial charge < -0.3 is 4.74 Å². The number of rotatable bonds is 2. The van der Waals surface area contributed by atoms with Gasteiger partial charge in [-0.3, -0.25) is 9.59 Å². The lowest BCUT2D eigenvalue weighted by molar-refractivity contribution is -0.181. The standard InChI is InChI=1S/C18H20O3/c1-21-16(20)17-8-7-12-11-18(10-9-17,14(12)15(17)19)13-5-3-2-4-6-13/h2-6,12,14H,7-11H2,1H3/t12-,14+,17-,18+/m1/s1. The summed E-state index contributed by atoms with van der Waals surface area (Å²) in [5.74, 6) is 0.351. The summed E-state index contributed by atoms with van der Waals surface area (Å²) >= 11 is 0. The molecule has 3 heteroatoms. The quantitative estimate of drug-likeness (QED) is 0.619. The van der Waals surface area contributed by atoms with E-state index in [9.17, 15) is 9.59 Å². The highest BCUT2D eigenvalue weighted by molar-refractivity contribution is 6.07. The number of carbonyl (C=O) groups excluding carboxylic acids is 2. The Hall–Kier alpha value is -1.64. The molecule has 0 aromatic heterocycles. The van der Waals surface area contributed by atoms with E-state index in [0.717, 1.165) is 19.3 Å². The average molecular weight is 284 g/mol. The molecule has 0 radical (unpaired) electrons. The Morgan fingerprint density at radius 2 is 1.95 bits per heavy atom. The normalized spacial score (nSPS) is 40.3. The first-order chi connectivity index (χ1) is 10.1. The molecule has 1 aromatic rings. The Morgan fingerprint density at radius 3 is 2.67 bits per heavy atom. The van der Waals surface area contributed by atoms with Crippen LogP contribution in [0.5, 0.6) is 0 Å². The number of fused-ring (bicyclic) bond motifs is 1. The Labute approximate surface area is 124 Å². The molecule has 0 spiro atoms. The molecule has 2 bridgehead atoms. The zero-order valence-corrected chi connectivity index (χ0v) is 12.3. The van der Waals surface area contributed by atoms with Crippen LogP contribution < -0.4 is 0 Å². The van der Waals surface area contributed by atoms with Gasteiger partial charge in [0.1, 0.15) is 5.41 Å². The number of ketones is 1. The summed E-state index contributed by atoms with van der Waals surface area (Å²) in [6.07, 6.45) is 4.35. The summed E-state index contributed by atoms with van der Waals surface area (Å²) in [6, 6.07) is 10.4. The number of benzene rings is 1. The molecule has 3 saturated carbocycles. The molecule has 0 aliphatic heterocycles. The molecule has 3 aliphatic carbocycles. The first-order valence-electron chi connectivity index (χ1n) is 7.82. The molecule has 21 heavy (non-hydrogen) atoms. The van der Waals surface area contributed by atoms with Gasteiger partial charge in [0, 0.05) is 11.3 Å². The number of hydrogen-bond acceptors (Lipinski definition) is 3.